The molecule has 0 atom stereocenters. The van der Waals surface area contributed by atoms with Gasteiger partial charge in [0, 0.05) is 0 Å². The molecule has 0 radical (unpaired) electrons. The van der Waals surface area contributed by atoms with Crippen LogP contribution in [-0.2, 0) is 0 Å². The van der Waals surface area contributed by atoms with Gasteiger partial charge in [0.15, 0.2) is 0 Å². The molecule has 0 aliphatic heterocycles. The molecule has 0 aromatic heterocycles. The van der Waals surface area contributed by atoms with Gasteiger partial charge in [-0.05, 0) is 0 Å². The van der Waals surface area contributed by atoms with Crippen molar-refractivity contribution < 1.29 is 44.8 Å². The standard InChI is InChI=1S/Ba.Na.2H2O.3H/h;;2*1H2;;;/q+2;+1;;;3*-1. The molecule has 0 unspecified atom stereocenters. The topological polar surface area (TPSA) is 63.0 Å². The van der Waals surface area contributed by atoms with Crippen molar-refractivity contribution in [2.45, 2.75) is 0 Å². The van der Waals surface area contributed by atoms with Crippen LogP contribution in [0.1, 0.15) is 4.28 Å². The van der Waals surface area contributed by atoms with Gasteiger partial charge >= 0.3 is 78.4 Å². The van der Waals surface area contributed by atoms with Crippen LogP contribution >= 0.6 is 0 Å². The summed E-state index contributed by atoms with van der Waals surface area (Å²) in [6.45, 7) is 0. The predicted molar refractivity (Wildman–Crippen MR) is 16.3 cm³/mol. The third-order valence-corrected chi connectivity index (χ3v) is 0. The van der Waals surface area contributed by atoms with E-state index in [4.69, 9.17) is 0 Å². The summed E-state index contributed by atoms with van der Waals surface area (Å²) in [5.41, 5.74) is 0. The van der Waals surface area contributed by atoms with Crippen LogP contribution in [0.25, 0.3) is 0 Å². The Morgan fingerprint density at radius 2 is 1.00 bits per heavy atom. The fourth-order valence-electron chi connectivity index (χ4n) is 0. The van der Waals surface area contributed by atoms with E-state index in [1.807, 2.05) is 0 Å². The smallest absolute Gasteiger partial charge is 1.00 e. The first-order valence-corrected chi connectivity index (χ1v) is 0. The minimum Gasteiger partial charge on any atom is -1.00 e. The normalized spacial score (nSPS) is 0. The molecule has 0 aliphatic carbocycles. The summed E-state index contributed by atoms with van der Waals surface area (Å²) in [6, 6.07) is 0. The van der Waals surface area contributed by atoms with Crippen LogP contribution in [-0.4, -0.2) is 59.8 Å². The van der Waals surface area contributed by atoms with Gasteiger partial charge in [-0.2, -0.15) is 0 Å². The van der Waals surface area contributed by atoms with Crippen LogP contribution in [0, 0.1) is 0 Å². The first-order valence-electron chi connectivity index (χ1n) is 0. The summed E-state index contributed by atoms with van der Waals surface area (Å²) in [5, 5.41) is 0. The van der Waals surface area contributed by atoms with E-state index < -0.39 is 0 Å². The molecule has 22 valence electrons. The van der Waals surface area contributed by atoms with E-state index in [0.717, 1.165) is 0 Å². The Bertz CT molecular complexity index is 12.9. The SMILES string of the molecule is O.O.[Ba+2].[H-].[H-].[H-].[Na+]. The Balaban J connectivity index is 0. The monoisotopic (exact) mass is 200 g/mol. The molecule has 0 spiro atoms. The van der Waals surface area contributed by atoms with E-state index in [-0.39, 0.29) is 93.7 Å². The van der Waals surface area contributed by atoms with Crippen LogP contribution in [0.3, 0.4) is 0 Å². The summed E-state index contributed by atoms with van der Waals surface area (Å²) >= 11 is 0. The Morgan fingerprint density at radius 3 is 1.00 bits per heavy atom. The van der Waals surface area contributed by atoms with Gasteiger partial charge in [0.2, 0.25) is 0 Å². The molecule has 4 heteroatoms. The zero-order chi connectivity index (χ0) is 0. The average Bonchev–Trinajstić information content (AvgIpc) is 0. The summed E-state index contributed by atoms with van der Waals surface area (Å²) in [6.07, 6.45) is 0. The summed E-state index contributed by atoms with van der Waals surface area (Å²) < 4.78 is 0. The zero-order valence-electron chi connectivity index (χ0n) is 5.71. The van der Waals surface area contributed by atoms with Gasteiger partial charge in [-0.25, -0.2) is 0 Å². The Hall–Kier alpha value is 2.49. The van der Waals surface area contributed by atoms with E-state index in [1.165, 1.54) is 0 Å². The van der Waals surface area contributed by atoms with Crippen LogP contribution in [0.4, 0.5) is 0 Å². The molecule has 0 saturated carbocycles. The molecule has 0 fully saturated rings. The largest absolute Gasteiger partial charge is 2.00 e. The average molecular weight is 199 g/mol. The van der Waals surface area contributed by atoms with Crippen LogP contribution in [0.15, 0.2) is 0 Å². The first-order chi connectivity index (χ1) is 0. The molecule has 0 rings (SSSR count). The van der Waals surface area contributed by atoms with Crippen molar-refractivity contribution in [1.29, 1.82) is 0 Å². The van der Waals surface area contributed by atoms with E-state index in [1.54, 1.807) is 0 Å². The van der Waals surface area contributed by atoms with Crippen LogP contribution in [0.5, 0.6) is 0 Å². The molecular weight excluding hydrogens is 192 g/mol. The molecule has 4 heavy (non-hydrogen) atoms. The summed E-state index contributed by atoms with van der Waals surface area (Å²) in [7, 11) is 0. The van der Waals surface area contributed by atoms with Gasteiger partial charge in [-0.15, -0.1) is 0 Å². The van der Waals surface area contributed by atoms with Crippen molar-refractivity contribution in [1.82, 2.24) is 0 Å². The molecule has 0 aliphatic rings. The molecule has 0 bridgehead atoms. The van der Waals surface area contributed by atoms with E-state index in [2.05, 4.69) is 0 Å². The van der Waals surface area contributed by atoms with Gasteiger partial charge in [-0.1, -0.05) is 0 Å². The maximum absolute atomic E-state index is 0. The number of rotatable bonds is 0. The number of hydrogen-bond acceptors (Lipinski definition) is 0. The van der Waals surface area contributed by atoms with E-state index in [9.17, 15) is 0 Å². The molecule has 0 aromatic rings. The van der Waals surface area contributed by atoms with Crippen molar-refractivity contribution in [3.8, 4) is 0 Å². The number of hydrogen-bond donors (Lipinski definition) is 0. The Kier molecular flexibility index (Phi) is 141. The molecule has 0 aromatic carbocycles. The van der Waals surface area contributed by atoms with Gasteiger partial charge in [0.25, 0.3) is 0 Å². The maximum atomic E-state index is 0. The van der Waals surface area contributed by atoms with Gasteiger partial charge in [0.05, 0.1) is 0 Å². The van der Waals surface area contributed by atoms with Crippen molar-refractivity contribution in [3.05, 3.63) is 0 Å². The fourth-order valence-corrected chi connectivity index (χ4v) is 0. The molecule has 0 heterocycles. The Labute approximate surface area is 91.8 Å². The zero-order valence-corrected chi connectivity index (χ0v) is 9.15. The Morgan fingerprint density at radius 1 is 1.00 bits per heavy atom. The van der Waals surface area contributed by atoms with Gasteiger partial charge in [-0.3, -0.25) is 0 Å². The van der Waals surface area contributed by atoms with Gasteiger partial charge < -0.3 is 15.2 Å². The molecule has 2 nitrogen and oxygen atoms in total. The quantitative estimate of drug-likeness (QED) is 0.352. The third kappa shape index (κ3) is 8.82. The maximum Gasteiger partial charge on any atom is 2.00 e. The van der Waals surface area contributed by atoms with Crippen molar-refractivity contribution >= 4 is 48.9 Å². The van der Waals surface area contributed by atoms with E-state index in [0.29, 0.717) is 0 Å². The van der Waals surface area contributed by atoms with Crippen molar-refractivity contribution in [2.75, 3.05) is 0 Å². The molecule has 4 N–H and O–H groups in total. The van der Waals surface area contributed by atoms with Crippen LogP contribution in [0.2, 0.25) is 0 Å². The minimum absolute atomic E-state index is 0. The third-order valence-electron chi connectivity index (χ3n) is 0. The molecular formula is H7BaNaO2. The molecule has 0 saturated heterocycles. The fraction of sp³-hybridized carbons (Fsp3) is 0. The second kappa shape index (κ2) is 17.8. The summed E-state index contributed by atoms with van der Waals surface area (Å²) in [4.78, 5) is 0. The van der Waals surface area contributed by atoms with E-state index >= 15 is 0 Å². The van der Waals surface area contributed by atoms with Crippen molar-refractivity contribution in [3.63, 3.8) is 0 Å². The summed E-state index contributed by atoms with van der Waals surface area (Å²) in [5.74, 6) is 0. The second-order valence-electron chi connectivity index (χ2n) is 0. The predicted octanol–water partition coefficient (Wildman–Crippen LogP) is -4.69. The van der Waals surface area contributed by atoms with Crippen molar-refractivity contribution in [2.24, 2.45) is 0 Å². The minimum atomic E-state index is 0. The van der Waals surface area contributed by atoms with Gasteiger partial charge in [0.1, 0.15) is 0 Å². The van der Waals surface area contributed by atoms with Crippen LogP contribution < -0.4 is 29.6 Å². The molecule has 0 amide bonds. The second-order valence-corrected chi connectivity index (χ2v) is 0. The first kappa shape index (κ1) is 31.5.